The second kappa shape index (κ2) is 7.05. The third kappa shape index (κ3) is 2.74. The van der Waals surface area contributed by atoms with E-state index in [1.165, 1.54) is 53.7 Å². The van der Waals surface area contributed by atoms with Crippen LogP contribution in [-0.2, 0) is 13.5 Å². The maximum absolute atomic E-state index is 14.1. The number of nitrogens with zero attached hydrogens (tertiary/aromatic N) is 1. The Morgan fingerprint density at radius 2 is 1.72 bits per heavy atom. The molecule has 0 unspecified atom stereocenters. The third-order valence-electron chi connectivity index (χ3n) is 6.75. The molecule has 0 bridgehead atoms. The summed E-state index contributed by atoms with van der Waals surface area (Å²) in [6, 6.07) is 18.3. The number of halogens is 1. The van der Waals surface area contributed by atoms with Crippen LogP contribution in [0.2, 0.25) is 0 Å². The van der Waals surface area contributed by atoms with Crippen LogP contribution in [0.5, 0.6) is 0 Å². The monoisotopic (exact) mass is 438 g/mol. The van der Waals surface area contributed by atoms with Crippen molar-refractivity contribution in [3.8, 4) is 11.3 Å². The van der Waals surface area contributed by atoms with E-state index in [1.807, 2.05) is 17.8 Å². The first kappa shape index (κ1) is 19.8. The molecule has 2 heterocycles. The summed E-state index contributed by atoms with van der Waals surface area (Å²) in [7, 11) is 2.14. The first-order valence-electron chi connectivity index (χ1n) is 11.2. The van der Waals surface area contributed by atoms with Gasteiger partial charge in [0.15, 0.2) is 6.20 Å². The summed E-state index contributed by atoms with van der Waals surface area (Å²) in [4.78, 5) is 2.58. The standard InChI is InChI=1S/C29H25FNS/c1-16(2)13-24-22-8-6-5-7-20(22)17(3)26-28-27-23(11-12-31(28)4)21-10-9-19(30)14-18(21)15-25(27)32-29(24)26/h5-12,14-16H,13H2,1-4H3/q+1. The van der Waals surface area contributed by atoms with Gasteiger partial charge >= 0.3 is 0 Å². The molecular weight excluding hydrogens is 413 g/mol. The highest BCUT2D eigenvalue weighted by atomic mass is 32.2. The van der Waals surface area contributed by atoms with Crippen molar-refractivity contribution in [2.75, 3.05) is 0 Å². The Bertz CT molecular complexity index is 1580. The van der Waals surface area contributed by atoms with Gasteiger partial charge in [0.1, 0.15) is 12.9 Å². The van der Waals surface area contributed by atoms with Gasteiger partial charge in [-0.05, 0) is 70.1 Å². The van der Waals surface area contributed by atoms with Gasteiger partial charge in [0.25, 0.3) is 0 Å². The SMILES string of the molecule is Cc1c2c(c(CC(C)C)c3ccccc13)Sc1cc3cc(F)ccc3c3cc[n+](C)c-2c13. The summed E-state index contributed by atoms with van der Waals surface area (Å²) < 4.78 is 16.4. The highest BCUT2D eigenvalue weighted by Gasteiger charge is 2.32. The first-order valence-corrected chi connectivity index (χ1v) is 12.0. The van der Waals surface area contributed by atoms with Gasteiger partial charge in [0.2, 0.25) is 5.69 Å². The van der Waals surface area contributed by atoms with Crippen molar-refractivity contribution in [3.63, 3.8) is 0 Å². The molecule has 0 aliphatic carbocycles. The van der Waals surface area contributed by atoms with Gasteiger partial charge in [0, 0.05) is 21.2 Å². The van der Waals surface area contributed by atoms with E-state index in [-0.39, 0.29) is 5.82 Å². The molecule has 4 aromatic carbocycles. The highest BCUT2D eigenvalue weighted by molar-refractivity contribution is 8.00. The summed E-state index contributed by atoms with van der Waals surface area (Å²) in [6.07, 6.45) is 3.19. The number of aromatic nitrogens is 1. The second-order valence-corrected chi connectivity index (χ2v) is 10.4. The van der Waals surface area contributed by atoms with E-state index >= 15 is 0 Å². The van der Waals surface area contributed by atoms with Gasteiger partial charge in [-0.3, -0.25) is 0 Å². The summed E-state index contributed by atoms with van der Waals surface area (Å²) in [6.45, 7) is 6.85. The molecule has 3 heteroatoms. The number of hydrogen-bond donors (Lipinski definition) is 0. The van der Waals surface area contributed by atoms with E-state index in [1.54, 1.807) is 12.1 Å². The molecule has 1 aliphatic heterocycles. The predicted octanol–water partition coefficient (Wildman–Crippen LogP) is 7.75. The Hall–Kier alpha value is -2.91. The van der Waals surface area contributed by atoms with Crippen molar-refractivity contribution < 1.29 is 8.96 Å². The van der Waals surface area contributed by atoms with Crippen LogP contribution in [0.3, 0.4) is 0 Å². The van der Waals surface area contributed by atoms with Crippen molar-refractivity contribution in [1.82, 2.24) is 0 Å². The van der Waals surface area contributed by atoms with Crippen molar-refractivity contribution in [3.05, 3.63) is 77.7 Å². The molecule has 0 saturated heterocycles. The van der Waals surface area contributed by atoms with Crippen LogP contribution < -0.4 is 4.57 Å². The summed E-state index contributed by atoms with van der Waals surface area (Å²) in [5, 5.41) is 7.24. The largest absolute Gasteiger partial charge is 0.222 e. The smallest absolute Gasteiger partial charge is 0.207 e. The number of fused-ring (bicyclic) bond motifs is 5. The van der Waals surface area contributed by atoms with E-state index in [0.717, 1.165) is 17.2 Å². The zero-order valence-electron chi connectivity index (χ0n) is 18.8. The van der Waals surface area contributed by atoms with Crippen molar-refractivity contribution in [1.29, 1.82) is 0 Å². The molecule has 5 aromatic rings. The predicted molar refractivity (Wildman–Crippen MR) is 133 cm³/mol. The lowest BCUT2D eigenvalue weighted by molar-refractivity contribution is -0.659. The van der Waals surface area contributed by atoms with Crippen molar-refractivity contribution in [2.45, 2.75) is 37.0 Å². The van der Waals surface area contributed by atoms with E-state index in [2.05, 4.69) is 75.0 Å². The lowest BCUT2D eigenvalue weighted by Gasteiger charge is -2.25. The lowest BCUT2D eigenvalue weighted by Crippen LogP contribution is -2.32. The average molecular weight is 439 g/mol. The van der Waals surface area contributed by atoms with Crippen LogP contribution >= 0.6 is 11.8 Å². The number of rotatable bonds is 2. The number of pyridine rings is 1. The Morgan fingerprint density at radius 3 is 2.50 bits per heavy atom. The van der Waals surface area contributed by atoms with Crippen LogP contribution in [-0.4, -0.2) is 0 Å². The Morgan fingerprint density at radius 1 is 0.938 bits per heavy atom. The number of aryl methyl sites for hydroxylation is 2. The molecular formula is C29H25FNS+. The molecule has 6 rings (SSSR count). The molecule has 0 fully saturated rings. The molecule has 1 aromatic heterocycles. The molecule has 0 atom stereocenters. The quantitative estimate of drug-likeness (QED) is 0.197. The Labute approximate surface area is 191 Å². The topological polar surface area (TPSA) is 3.88 Å². The normalized spacial score (nSPS) is 12.8. The van der Waals surface area contributed by atoms with Crippen LogP contribution in [0.25, 0.3) is 43.6 Å². The van der Waals surface area contributed by atoms with Crippen LogP contribution in [0.1, 0.15) is 25.0 Å². The number of benzene rings is 4. The number of hydrogen-bond acceptors (Lipinski definition) is 1. The Balaban J connectivity index is 1.82. The van der Waals surface area contributed by atoms with E-state index in [0.29, 0.717) is 5.92 Å². The van der Waals surface area contributed by atoms with Crippen LogP contribution in [0, 0.1) is 18.7 Å². The Kier molecular flexibility index (Phi) is 4.35. The first-order chi connectivity index (χ1) is 15.4. The fourth-order valence-corrected chi connectivity index (χ4v) is 6.77. The van der Waals surface area contributed by atoms with E-state index < -0.39 is 0 Å². The molecule has 32 heavy (non-hydrogen) atoms. The molecule has 0 spiro atoms. The molecule has 0 saturated carbocycles. The molecule has 0 radical (unpaired) electrons. The minimum Gasteiger partial charge on any atom is -0.207 e. The van der Waals surface area contributed by atoms with Gasteiger partial charge in [-0.15, -0.1) is 0 Å². The average Bonchev–Trinajstić information content (AvgIpc) is 2.77. The fourth-order valence-electron chi connectivity index (χ4n) is 5.39. The van der Waals surface area contributed by atoms with Crippen molar-refractivity contribution >= 4 is 44.1 Å². The highest BCUT2D eigenvalue weighted by Crippen LogP contribution is 2.52. The van der Waals surface area contributed by atoms with E-state index in [9.17, 15) is 4.39 Å². The van der Waals surface area contributed by atoms with Crippen molar-refractivity contribution in [2.24, 2.45) is 13.0 Å². The molecule has 158 valence electrons. The molecule has 1 nitrogen and oxygen atoms in total. The van der Waals surface area contributed by atoms with Crippen LogP contribution in [0.15, 0.2) is 70.6 Å². The van der Waals surface area contributed by atoms with Gasteiger partial charge in [-0.25, -0.2) is 8.96 Å². The van der Waals surface area contributed by atoms with Crippen LogP contribution in [0.4, 0.5) is 4.39 Å². The summed E-state index contributed by atoms with van der Waals surface area (Å²) in [5.74, 6) is 0.372. The molecule has 1 aliphatic rings. The summed E-state index contributed by atoms with van der Waals surface area (Å²) >= 11 is 1.87. The van der Waals surface area contributed by atoms with Gasteiger partial charge < -0.3 is 0 Å². The molecule has 0 N–H and O–H groups in total. The van der Waals surface area contributed by atoms with E-state index in [4.69, 9.17) is 0 Å². The zero-order chi connectivity index (χ0) is 22.1. The maximum Gasteiger partial charge on any atom is 0.222 e. The van der Waals surface area contributed by atoms with Gasteiger partial charge in [0.05, 0.1) is 10.9 Å². The minimum absolute atomic E-state index is 0.186. The van der Waals surface area contributed by atoms with Gasteiger partial charge in [-0.2, -0.15) is 0 Å². The third-order valence-corrected chi connectivity index (χ3v) is 7.95. The fraction of sp³-hybridized carbons (Fsp3) is 0.207. The second-order valence-electron chi connectivity index (χ2n) is 9.36. The minimum atomic E-state index is -0.186. The van der Waals surface area contributed by atoms with Gasteiger partial charge in [-0.1, -0.05) is 55.9 Å². The maximum atomic E-state index is 14.1. The molecule has 0 amide bonds. The summed E-state index contributed by atoms with van der Waals surface area (Å²) in [5.41, 5.74) is 5.39. The lowest BCUT2D eigenvalue weighted by atomic mass is 9.88. The zero-order valence-corrected chi connectivity index (χ0v) is 19.6.